The third kappa shape index (κ3) is 4.65. The average Bonchev–Trinajstić information content (AvgIpc) is 3.05. The predicted molar refractivity (Wildman–Crippen MR) is 120 cm³/mol. The van der Waals surface area contributed by atoms with Crippen LogP contribution in [0.4, 0.5) is 0 Å². The van der Waals surface area contributed by atoms with Crippen molar-refractivity contribution in [3.63, 3.8) is 0 Å². The summed E-state index contributed by atoms with van der Waals surface area (Å²) in [6, 6.07) is 12.0. The Kier molecular flexibility index (Phi) is 6.79. The fraction of sp³-hybridized carbons (Fsp3) is 0.333. The van der Waals surface area contributed by atoms with Gasteiger partial charge in [0.2, 0.25) is 0 Å². The summed E-state index contributed by atoms with van der Waals surface area (Å²) < 4.78 is 5.37. The standard InChI is InChI=1S/C24H25ClN2O5/c25-18-6-2-17(3-7-18)22(29)20-21(16-4-8-19(28)9-5-16)27(24(31)23(20)30)11-1-10-26-12-14-32-15-13-26/h2-9,21,28-29H,1,10-15H2. The van der Waals surface area contributed by atoms with E-state index in [-0.39, 0.29) is 17.1 Å². The van der Waals surface area contributed by atoms with Gasteiger partial charge in [0.1, 0.15) is 11.5 Å². The molecule has 8 heteroatoms. The van der Waals surface area contributed by atoms with Gasteiger partial charge in [0.05, 0.1) is 24.8 Å². The minimum absolute atomic E-state index is 0.0365. The van der Waals surface area contributed by atoms with Crippen molar-refractivity contribution in [2.45, 2.75) is 12.5 Å². The number of hydrogen-bond acceptors (Lipinski definition) is 6. The summed E-state index contributed by atoms with van der Waals surface area (Å²) in [5.41, 5.74) is 1.09. The number of aliphatic hydroxyl groups excluding tert-OH is 1. The molecule has 4 rings (SSSR count). The van der Waals surface area contributed by atoms with Crippen LogP contribution in [0.2, 0.25) is 5.02 Å². The maximum absolute atomic E-state index is 13.0. The number of benzene rings is 2. The van der Waals surface area contributed by atoms with Crippen LogP contribution in [-0.2, 0) is 14.3 Å². The van der Waals surface area contributed by atoms with Crippen LogP contribution in [0.3, 0.4) is 0 Å². The molecule has 2 aromatic rings. The first-order valence-electron chi connectivity index (χ1n) is 10.6. The number of likely N-dealkylation sites (tertiary alicyclic amines) is 1. The maximum atomic E-state index is 13.0. The van der Waals surface area contributed by atoms with Gasteiger partial charge >= 0.3 is 0 Å². The summed E-state index contributed by atoms with van der Waals surface area (Å²) in [4.78, 5) is 29.7. The van der Waals surface area contributed by atoms with Crippen molar-refractivity contribution in [2.75, 3.05) is 39.4 Å². The summed E-state index contributed by atoms with van der Waals surface area (Å²) in [5, 5.41) is 21.2. The lowest BCUT2D eigenvalue weighted by molar-refractivity contribution is -0.140. The molecular formula is C24H25ClN2O5. The minimum atomic E-state index is -0.740. The van der Waals surface area contributed by atoms with Gasteiger partial charge < -0.3 is 19.8 Å². The number of ether oxygens (including phenoxy) is 1. The lowest BCUT2D eigenvalue weighted by Gasteiger charge is -2.29. The van der Waals surface area contributed by atoms with Crippen LogP contribution in [-0.4, -0.2) is 71.1 Å². The highest BCUT2D eigenvalue weighted by Crippen LogP contribution is 2.40. The number of aromatic hydroxyl groups is 1. The molecule has 1 atom stereocenters. The van der Waals surface area contributed by atoms with Gasteiger partial charge in [-0.2, -0.15) is 0 Å². The molecule has 2 aromatic carbocycles. The molecule has 2 saturated heterocycles. The molecule has 1 amide bonds. The SMILES string of the molecule is O=C1C(=O)N(CCCN2CCOCC2)C(c2ccc(O)cc2)C1=C(O)c1ccc(Cl)cc1. The van der Waals surface area contributed by atoms with Crippen LogP contribution in [0, 0.1) is 0 Å². The van der Waals surface area contributed by atoms with Gasteiger partial charge in [-0.3, -0.25) is 14.5 Å². The van der Waals surface area contributed by atoms with E-state index in [1.165, 1.54) is 17.0 Å². The molecule has 0 spiro atoms. The highest BCUT2D eigenvalue weighted by molar-refractivity contribution is 6.46. The Hall–Kier alpha value is -2.87. The molecule has 168 valence electrons. The average molecular weight is 457 g/mol. The second-order valence-corrected chi connectivity index (χ2v) is 8.33. The van der Waals surface area contributed by atoms with E-state index in [1.807, 2.05) is 0 Å². The number of phenolic OH excluding ortho intramolecular Hbond substituents is 1. The first kappa shape index (κ1) is 22.3. The van der Waals surface area contributed by atoms with Crippen LogP contribution in [0.5, 0.6) is 5.75 Å². The van der Waals surface area contributed by atoms with E-state index < -0.39 is 17.7 Å². The number of phenols is 1. The van der Waals surface area contributed by atoms with Crippen molar-refractivity contribution < 1.29 is 24.5 Å². The topological polar surface area (TPSA) is 90.3 Å². The molecule has 2 N–H and O–H groups in total. The number of carbonyl (C=O) groups excluding carboxylic acids is 2. The number of aliphatic hydroxyl groups is 1. The number of Topliss-reactive ketones (excluding diaryl/α,β-unsaturated/α-hetero) is 1. The van der Waals surface area contributed by atoms with E-state index in [9.17, 15) is 19.8 Å². The summed E-state index contributed by atoms with van der Waals surface area (Å²) in [6.45, 7) is 4.22. The Balaban J connectivity index is 1.66. The number of amides is 1. The third-order valence-electron chi connectivity index (χ3n) is 5.84. The van der Waals surface area contributed by atoms with Crippen molar-refractivity contribution in [3.05, 3.63) is 70.3 Å². The first-order valence-corrected chi connectivity index (χ1v) is 11.0. The quantitative estimate of drug-likeness (QED) is 0.394. The molecule has 32 heavy (non-hydrogen) atoms. The largest absolute Gasteiger partial charge is 0.508 e. The molecular weight excluding hydrogens is 432 g/mol. The van der Waals surface area contributed by atoms with Crippen LogP contribution in [0.1, 0.15) is 23.6 Å². The molecule has 0 saturated carbocycles. The molecule has 2 fully saturated rings. The van der Waals surface area contributed by atoms with Gasteiger partial charge in [-0.05, 0) is 48.4 Å². The summed E-state index contributed by atoms with van der Waals surface area (Å²) >= 11 is 5.95. The molecule has 2 aliphatic heterocycles. The summed E-state index contributed by atoms with van der Waals surface area (Å²) in [6.07, 6.45) is 0.683. The van der Waals surface area contributed by atoms with Gasteiger partial charge in [-0.15, -0.1) is 0 Å². The lowest BCUT2D eigenvalue weighted by atomic mass is 9.95. The number of nitrogens with zero attached hydrogens (tertiary/aromatic N) is 2. The van der Waals surface area contributed by atoms with Crippen molar-refractivity contribution in [1.29, 1.82) is 0 Å². The summed E-state index contributed by atoms with van der Waals surface area (Å²) in [5.74, 6) is -1.52. The Morgan fingerprint density at radius 1 is 1.00 bits per heavy atom. The van der Waals surface area contributed by atoms with E-state index in [0.717, 1.165) is 19.6 Å². The van der Waals surface area contributed by atoms with Crippen LogP contribution >= 0.6 is 11.6 Å². The van der Waals surface area contributed by atoms with E-state index in [2.05, 4.69) is 4.90 Å². The third-order valence-corrected chi connectivity index (χ3v) is 6.10. The van der Waals surface area contributed by atoms with Crippen molar-refractivity contribution in [2.24, 2.45) is 0 Å². The number of rotatable bonds is 6. The van der Waals surface area contributed by atoms with E-state index in [4.69, 9.17) is 16.3 Å². The van der Waals surface area contributed by atoms with E-state index >= 15 is 0 Å². The molecule has 2 aliphatic rings. The molecule has 0 bridgehead atoms. The van der Waals surface area contributed by atoms with Gasteiger partial charge in [0.15, 0.2) is 0 Å². The smallest absolute Gasteiger partial charge is 0.295 e. The number of hydrogen-bond donors (Lipinski definition) is 2. The molecule has 2 heterocycles. The fourth-order valence-electron chi connectivity index (χ4n) is 4.17. The second-order valence-electron chi connectivity index (χ2n) is 7.90. The van der Waals surface area contributed by atoms with Crippen LogP contribution in [0.15, 0.2) is 54.1 Å². The molecule has 1 unspecified atom stereocenters. The Bertz CT molecular complexity index is 1010. The monoisotopic (exact) mass is 456 g/mol. The molecule has 7 nitrogen and oxygen atoms in total. The Morgan fingerprint density at radius 2 is 1.66 bits per heavy atom. The highest BCUT2D eigenvalue weighted by Gasteiger charge is 2.45. The number of halogens is 1. The summed E-state index contributed by atoms with van der Waals surface area (Å²) in [7, 11) is 0. The highest BCUT2D eigenvalue weighted by atomic mass is 35.5. The predicted octanol–water partition coefficient (Wildman–Crippen LogP) is 3.19. The zero-order chi connectivity index (χ0) is 22.7. The zero-order valence-corrected chi connectivity index (χ0v) is 18.3. The molecule has 0 aliphatic carbocycles. The Morgan fingerprint density at radius 3 is 2.31 bits per heavy atom. The lowest BCUT2D eigenvalue weighted by Crippen LogP contribution is -2.38. The number of carbonyl (C=O) groups is 2. The fourth-order valence-corrected chi connectivity index (χ4v) is 4.29. The molecule has 0 radical (unpaired) electrons. The molecule has 0 aromatic heterocycles. The van der Waals surface area contributed by atoms with E-state index in [1.54, 1.807) is 36.4 Å². The van der Waals surface area contributed by atoms with Crippen molar-refractivity contribution in [3.8, 4) is 5.75 Å². The zero-order valence-electron chi connectivity index (χ0n) is 17.5. The van der Waals surface area contributed by atoms with Crippen LogP contribution in [0.25, 0.3) is 5.76 Å². The number of morpholine rings is 1. The minimum Gasteiger partial charge on any atom is -0.508 e. The van der Waals surface area contributed by atoms with Gasteiger partial charge in [0.25, 0.3) is 11.7 Å². The van der Waals surface area contributed by atoms with E-state index in [0.29, 0.717) is 42.3 Å². The number of ketones is 1. The first-order chi connectivity index (χ1) is 15.5. The van der Waals surface area contributed by atoms with Gasteiger partial charge in [-0.25, -0.2) is 0 Å². The van der Waals surface area contributed by atoms with Crippen molar-refractivity contribution in [1.82, 2.24) is 9.80 Å². The maximum Gasteiger partial charge on any atom is 0.295 e. The van der Waals surface area contributed by atoms with Gasteiger partial charge in [-0.1, -0.05) is 23.7 Å². The van der Waals surface area contributed by atoms with Crippen LogP contribution < -0.4 is 0 Å². The normalized spacial score (nSPS) is 21.3. The Labute approximate surface area is 191 Å². The second kappa shape index (κ2) is 9.73. The van der Waals surface area contributed by atoms with Gasteiger partial charge in [0, 0.05) is 36.8 Å². The van der Waals surface area contributed by atoms with Crippen molar-refractivity contribution >= 4 is 29.1 Å².